The molecular weight excluding hydrogens is 316 g/mol. The molecular formula is C21H40O4. The van der Waals surface area contributed by atoms with E-state index in [1.54, 1.807) is 0 Å². The first kappa shape index (κ1) is 21.1. The van der Waals surface area contributed by atoms with Gasteiger partial charge in [-0.05, 0) is 38.5 Å². The Morgan fingerprint density at radius 1 is 0.520 bits per heavy atom. The zero-order valence-electron chi connectivity index (χ0n) is 16.5. The molecule has 2 saturated heterocycles. The van der Waals surface area contributed by atoms with E-state index in [0.29, 0.717) is 11.8 Å². The Bertz CT molecular complexity index is 307. The quantitative estimate of drug-likeness (QED) is 0.445. The molecule has 2 aliphatic heterocycles. The van der Waals surface area contributed by atoms with Gasteiger partial charge >= 0.3 is 0 Å². The maximum atomic E-state index is 5.87. The molecule has 2 aliphatic rings. The van der Waals surface area contributed by atoms with E-state index >= 15 is 0 Å². The number of unbranched alkanes of at least 4 members (excludes halogenated alkanes) is 4. The Balaban J connectivity index is 1.44. The lowest BCUT2D eigenvalue weighted by Gasteiger charge is -2.30. The number of hydrogen-bond donors (Lipinski definition) is 0. The molecule has 0 spiro atoms. The van der Waals surface area contributed by atoms with E-state index in [1.165, 1.54) is 57.8 Å². The molecule has 4 heteroatoms. The molecule has 0 unspecified atom stereocenters. The lowest BCUT2D eigenvalue weighted by Crippen LogP contribution is -2.32. The summed E-state index contributed by atoms with van der Waals surface area (Å²) in [5, 5.41) is 0. The van der Waals surface area contributed by atoms with Crippen molar-refractivity contribution >= 4 is 0 Å². The molecule has 4 nitrogen and oxygen atoms in total. The predicted octanol–water partition coefficient (Wildman–Crippen LogP) is 5.30. The van der Waals surface area contributed by atoms with Crippen LogP contribution in [0.3, 0.4) is 0 Å². The average Bonchev–Trinajstić information content (AvgIpc) is 2.66. The third-order valence-electron chi connectivity index (χ3n) is 5.38. The highest BCUT2D eigenvalue weighted by atomic mass is 16.7. The summed E-state index contributed by atoms with van der Waals surface area (Å²) in [5.74, 6) is 1.17. The van der Waals surface area contributed by atoms with Gasteiger partial charge in [0.25, 0.3) is 0 Å². The second-order valence-electron chi connectivity index (χ2n) is 7.85. The molecule has 0 amide bonds. The van der Waals surface area contributed by atoms with Gasteiger partial charge in [-0.3, -0.25) is 0 Å². The standard InChI is InChI=1S/C21H40O4/c1-3-5-7-12-20-24-16-19(17-25-20)11-8-9-13-21-22-14-18(15-23-21)10-6-4-2/h18-21H,3-17H2,1-2H3/t18-,19-,20-,21-. The summed E-state index contributed by atoms with van der Waals surface area (Å²) in [4.78, 5) is 0. The second-order valence-corrected chi connectivity index (χ2v) is 7.85. The molecule has 2 fully saturated rings. The van der Waals surface area contributed by atoms with Gasteiger partial charge in [0, 0.05) is 11.8 Å². The van der Waals surface area contributed by atoms with E-state index < -0.39 is 0 Å². The van der Waals surface area contributed by atoms with E-state index in [1.807, 2.05) is 0 Å². The van der Waals surface area contributed by atoms with Gasteiger partial charge in [-0.2, -0.15) is 0 Å². The summed E-state index contributed by atoms with van der Waals surface area (Å²) in [7, 11) is 0. The van der Waals surface area contributed by atoms with Crippen LogP contribution in [-0.2, 0) is 18.9 Å². The fraction of sp³-hybridized carbons (Fsp3) is 1.00. The predicted molar refractivity (Wildman–Crippen MR) is 100 cm³/mol. The Kier molecular flexibility index (Phi) is 11.1. The van der Waals surface area contributed by atoms with Gasteiger partial charge in [0.15, 0.2) is 12.6 Å². The van der Waals surface area contributed by atoms with Gasteiger partial charge in [-0.25, -0.2) is 0 Å². The number of ether oxygens (including phenoxy) is 4. The first-order valence-corrected chi connectivity index (χ1v) is 10.8. The minimum Gasteiger partial charge on any atom is -0.352 e. The normalized spacial score (nSPS) is 30.5. The highest BCUT2D eigenvalue weighted by Gasteiger charge is 2.23. The third kappa shape index (κ3) is 8.85. The maximum Gasteiger partial charge on any atom is 0.157 e. The van der Waals surface area contributed by atoms with Crippen molar-refractivity contribution in [3.63, 3.8) is 0 Å². The van der Waals surface area contributed by atoms with Crippen molar-refractivity contribution in [3.05, 3.63) is 0 Å². The Morgan fingerprint density at radius 3 is 1.40 bits per heavy atom. The maximum absolute atomic E-state index is 5.87. The summed E-state index contributed by atoms with van der Waals surface area (Å²) in [6, 6.07) is 0. The van der Waals surface area contributed by atoms with Crippen LogP contribution in [0.1, 0.15) is 84.5 Å². The Morgan fingerprint density at radius 2 is 0.920 bits per heavy atom. The second kappa shape index (κ2) is 13.1. The molecule has 25 heavy (non-hydrogen) atoms. The smallest absolute Gasteiger partial charge is 0.157 e. The molecule has 2 rings (SSSR count). The van der Waals surface area contributed by atoms with Crippen LogP contribution in [0.4, 0.5) is 0 Å². The van der Waals surface area contributed by atoms with Crippen molar-refractivity contribution in [3.8, 4) is 0 Å². The molecule has 0 aliphatic carbocycles. The van der Waals surface area contributed by atoms with Crippen LogP contribution >= 0.6 is 0 Å². The molecule has 2 heterocycles. The van der Waals surface area contributed by atoms with Crippen molar-refractivity contribution in [2.75, 3.05) is 26.4 Å². The monoisotopic (exact) mass is 356 g/mol. The van der Waals surface area contributed by atoms with Crippen molar-refractivity contribution in [1.82, 2.24) is 0 Å². The van der Waals surface area contributed by atoms with Crippen LogP contribution in [0.15, 0.2) is 0 Å². The van der Waals surface area contributed by atoms with Crippen molar-refractivity contribution in [1.29, 1.82) is 0 Å². The molecule has 0 atom stereocenters. The summed E-state index contributed by atoms with van der Waals surface area (Å²) >= 11 is 0. The van der Waals surface area contributed by atoms with Crippen molar-refractivity contribution in [2.45, 2.75) is 97.1 Å². The van der Waals surface area contributed by atoms with Gasteiger partial charge < -0.3 is 18.9 Å². The molecule has 148 valence electrons. The lowest BCUT2D eigenvalue weighted by atomic mass is 10.0. The lowest BCUT2D eigenvalue weighted by molar-refractivity contribution is -0.207. The fourth-order valence-electron chi connectivity index (χ4n) is 3.63. The zero-order chi connectivity index (χ0) is 17.7. The Labute approximate surface area is 154 Å². The van der Waals surface area contributed by atoms with E-state index in [0.717, 1.165) is 39.3 Å². The van der Waals surface area contributed by atoms with E-state index in [4.69, 9.17) is 18.9 Å². The number of rotatable bonds is 12. The molecule has 0 saturated carbocycles. The van der Waals surface area contributed by atoms with Gasteiger partial charge in [0.05, 0.1) is 26.4 Å². The highest BCUT2D eigenvalue weighted by molar-refractivity contribution is 4.66. The first-order valence-electron chi connectivity index (χ1n) is 10.8. The summed E-state index contributed by atoms with van der Waals surface area (Å²) in [6.07, 6.45) is 13.2. The van der Waals surface area contributed by atoms with E-state index in [-0.39, 0.29) is 12.6 Å². The van der Waals surface area contributed by atoms with Gasteiger partial charge in [0.2, 0.25) is 0 Å². The largest absolute Gasteiger partial charge is 0.352 e. The van der Waals surface area contributed by atoms with Crippen LogP contribution < -0.4 is 0 Å². The van der Waals surface area contributed by atoms with Crippen LogP contribution in [-0.4, -0.2) is 39.0 Å². The topological polar surface area (TPSA) is 36.9 Å². The van der Waals surface area contributed by atoms with E-state index in [2.05, 4.69) is 13.8 Å². The van der Waals surface area contributed by atoms with Crippen LogP contribution in [0.25, 0.3) is 0 Å². The van der Waals surface area contributed by atoms with Crippen LogP contribution in [0.5, 0.6) is 0 Å². The summed E-state index contributed by atoms with van der Waals surface area (Å²) < 4.78 is 23.5. The summed E-state index contributed by atoms with van der Waals surface area (Å²) in [6.45, 7) is 7.97. The highest BCUT2D eigenvalue weighted by Crippen LogP contribution is 2.23. The Hall–Kier alpha value is -0.160. The third-order valence-corrected chi connectivity index (χ3v) is 5.38. The van der Waals surface area contributed by atoms with Gasteiger partial charge in [-0.1, -0.05) is 46.0 Å². The average molecular weight is 357 g/mol. The van der Waals surface area contributed by atoms with Crippen molar-refractivity contribution in [2.24, 2.45) is 11.8 Å². The van der Waals surface area contributed by atoms with Crippen LogP contribution in [0.2, 0.25) is 0 Å². The minimum absolute atomic E-state index is 0.0275. The molecule has 0 aromatic heterocycles. The summed E-state index contributed by atoms with van der Waals surface area (Å²) in [5.41, 5.74) is 0. The van der Waals surface area contributed by atoms with Gasteiger partial charge in [-0.15, -0.1) is 0 Å². The fourth-order valence-corrected chi connectivity index (χ4v) is 3.63. The molecule has 0 N–H and O–H groups in total. The molecule has 0 bridgehead atoms. The molecule has 0 radical (unpaired) electrons. The minimum atomic E-state index is 0.0275. The van der Waals surface area contributed by atoms with Gasteiger partial charge in [0.1, 0.15) is 0 Å². The van der Waals surface area contributed by atoms with E-state index in [9.17, 15) is 0 Å². The zero-order valence-corrected chi connectivity index (χ0v) is 16.5. The first-order chi connectivity index (χ1) is 12.3. The molecule has 0 aromatic carbocycles. The molecule has 0 aromatic rings. The number of hydrogen-bond acceptors (Lipinski definition) is 4. The SMILES string of the molecule is CCCCC[C@H]1OC[C@H](CCCC[C@H]2OC[C@H](CCCC)CO2)CO1. The van der Waals surface area contributed by atoms with Crippen LogP contribution in [0, 0.1) is 11.8 Å². The van der Waals surface area contributed by atoms with Crippen molar-refractivity contribution < 1.29 is 18.9 Å².